The topological polar surface area (TPSA) is 21.1 Å². The molecule has 3 nitrogen and oxygen atoms in total. The van der Waals surface area contributed by atoms with Crippen molar-refractivity contribution in [2.24, 2.45) is 0 Å². The molecule has 19 heavy (non-hydrogen) atoms. The van der Waals surface area contributed by atoms with Crippen LogP contribution >= 0.6 is 0 Å². The lowest BCUT2D eigenvalue weighted by molar-refractivity contribution is 0.223. The van der Waals surface area contributed by atoms with Crippen molar-refractivity contribution in [1.29, 1.82) is 0 Å². The summed E-state index contributed by atoms with van der Waals surface area (Å²) >= 11 is 0. The zero-order chi connectivity index (χ0) is 13.1. The molecule has 0 aliphatic carbocycles. The maximum absolute atomic E-state index is 4.31. The summed E-state index contributed by atoms with van der Waals surface area (Å²) in [5, 5.41) is 0. The smallest absolute Gasteiger partial charge is 0.105 e. The molecule has 0 N–H and O–H groups in total. The minimum absolute atomic E-state index is 0.646. The van der Waals surface area contributed by atoms with Crippen LogP contribution in [0, 0.1) is 6.92 Å². The molecule has 3 rings (SSSR count). The molecule has 1 aliphatic rings. The molecule has 1 aromatic heterocycles. The van der Waals surface area contributed by atoms with Crippen LogP contribution in [0.15, 0.2) is 42.7 Å². The number of aryl methyl sites for hydroxylation is 1. The fourth-order valence-electron chi connectivity index (χ4n) is 2.95. The first kappa shape index (κ1) is 12.4. The molecule has 0 amide bonds. The fourth-order valence-corrected chi connectivity index (χ4v) is 2.95. The number of nitrogens with zero attached hydrogens (tertiary/aromatic N) is 3. The van der Waals surface area contributed by atoms with Gasteiger partial charge in [0.15, 0.2) is 0 Å². The zero-order valence-corrected chi connectivity index (χ0v) is 11.5. The first-order valence-electron chi connectivity index (χ1n) is 7.08. The van der Waals surface area contributed by atoms with Crippen molar-refractivity contribution in [3.05, 3.63) is 54.1 Å². The van der Waals surface area contributed by atoms with Crippen LogP contribution in [0.4, 0.5) is 0 Å². The SMILES string of the molecule is Cc1nccn1C[C@@H]1CCCN1Cc1ccccc1. The summed E-state index contributed by atoms with van der Waals surface area (Å²) in [5.74, 6) is 1.12. The number of aromatic nitrogens is 2. The second-order valence-electron chi connectivity index (χ2n) is 5.38. The first-order chi connectivity index (χ1) is 9.33. The van der Waals surface area contributed by atoms with E-state index in [2.05, 4.69) is 57.9 Å². The largest absolute Gasteiger partial charge is 0.334 e. The molecule has 1 aromatic carbocycles. The molecule has 2 heterocycles. The van der Waals surface area contributed by atoms with Crippen LogP contribution in [0.25, 0.3) is 0 Å². The van der Waals surface area contributed by atoms with Gasteiger partial charge in [0, 0.05) is 31.5 Å². The summed E-state index contributed by atoms with van der Waals surface area (Å²) in [6.45, 7) is 5.43. The van der Waals surface area contributed by atoms with E-state index in [9.17, 15) is 0 Å². The predicted molar refractivity (Wildman–Crippen MR) is 76.8 cm³/mol. The van der Waals surface area contributed by atoms with Crippen molar-refractivity contribution < 1.29 is 0 Å². The van der Waals surface area contributed by atoms with E-state index in [4.69, 9.17) is 0 Å². The van der Waals surface area contributed by atoms with Gasteiger partial charge < -0.3 is 4.57 Å². The third-order valence-electron chi connectivity index (χ3n) is 4.06. The first-order valence-corrected chi connectivity index (χ1v) is 7.08. The van der Waals surface area contributed by atoms with Crippen molar-refractivity contribution >= 4 is 0 Å². The molecule has 1 fully saturated rings. The Hall–Kier alpha value is -1.61. The highest BCUT2D eigenvalue weighted by Gasteiger charge is 2.24. The standard InChI is InChI=1S/C16H21N3/c1-14-17-9-11-18(14)13-16-8-5-10-19(16)12-15-6-3-2-4-7-15/h2-4,6-7,9,11,16H,5,8,10,12-13H2,1H3/t16-/m0/s1. The van der Waals surface area contributed by atoms with E-state index in [1.165, 1.54) is 24.9 Å². The summed E-state index contributed by atoms with van der Waals surface area (Å²) in [5.41, 5.74) is 1.41. The van der Waals surface area contributed by atoms with Gasteiger partial charge in [-0.15, -0.1) is 0 Å². The van der Waals surface area contributed by atoms with Crippen molar-refractivity contribution in [3.63, 3.8) is 0 Å². The number of hydrogen-bond donors (Lipinski definition) is 0. The molecule has 100 valence electrons. The maximum Gasteiger partial charge on any atom is 0.105 e. The van der Waals surface area contributed by atoms with Crippen molar-refractivity contribution in [3.8, 4) is 0 Å². The van der Waals surface area contributed by atoms with Gasteiger partial charge in [-0.25, -0.2) is 4.98 Å². The summed E-state index contributed by atoms with van der Waals surface area (Å²) in [6, 6.07) is 11.4. The number of rotatable bonds is 4. The third-order valence-corrected chi connectivity index (χ3v) is 4.06. The summed E-state index contributed by atoms with van der Waals surface area (Å²) < 4.78 is 2.27. The Balaban J connectivity index is 1.67. The van der Waals surface area contributed by atoms with Gasteiger partial charge in [-0.3, -0.25) is 4.90 Å². The van der Waals surface area contributed by atoms with Crippen molar-refractivity contribution in [1.82, 2.24) is 14.5 Å². The molecule has 0 saturated carbocycles. The molecule has 0 radical (unpaired) electrons. The third kappa shape index (κ3) is 2.87. The predicted octanol–water partition coefficient (Wildman–Crippen LogP) is 2.86. The highest BCUT2D eigenvalue weighted by molar-refractivity contribution is 5.14. The minimum Gasteiger partial charge on any atom is -0.334 e. The van der Waals surface area contributed by atoms with Gasteiger partial charge in [-0.1, -0.05) is 30.3 Å². The highest BCUT2D eigenvalue weighted by atomic mass is 15.2. The van der Waals surface area contributed by atoms with E-state index >= 15 is 0 Å². The van der Waals surface area contributed by atoms with Crippen molar-refractivity contribution in [2.45, 2.75) is 38.9 Å². The van der Waals surface area contributed by atoms with Gasteiger partial charge in [-0.2, -0.15) is 0 Å². The van der Waals surface area contributed by atoms with E-state index in [0.29, 0.717) is 6.04 Å². The van der Waals surface area contributed by atoms with Gasteiger partial charge in [0.2, 0.25) is 0 Å². The Kier molecular flexibility index (Phi) is 3.65. The van der Waals surface area contributed by atoms with Crippen LogP contribution < -0.4 is 0 Å². The average molecular weight is 255 g/mol. The molecular formula is C16H21N3. The van der Waals surface area contributed by atoms with Gasteiger partial charge >= 0.3 is 0 Å². The van der Waals surface area contributed by atoms with E-state index < -0.39 is 0 Å². The Labute approximate surface area is 114 Å². The number of likely N-dealkylation sites (tertiary alicyclic amines) is 1. The Morgan fingerprint density at radius 3 is 2.84 bits per heavy atom. The summed E-state index contributed by atoms with van der Waals surface area (Å²) in [7, 11) is 0. The monoisotopic (exact) mass is 255 g/mol. The molecule has 1 saturated heterocycles. The molecular weight excluding hydrogens is 234 g/mol. The quantitative estimate of drug-likeness (QED) is 0.837. The maximum atomic E-state index is 4.31. The molecule has 1 atom stereocenters. The lowest BCUT2D eigenvalue weighted by Crippen LogP contribution is -2.32. The highest BCUT2D eigenvalue weighted by Crippen LogP contribution is 2.21. The summed E-state index contributed by atoms with van der Waals surface area (Å²) in [4.78, 5) is 6.92. The second kappa shape index (κ2) is 5.57. The van der Waals surface area contributed by atoms with E-state index in [-0.39, 0.29) is 0 Å². The molecule has 0 spiro atoms. The van der Waals surface area contributed by atoms with E-state index in [1.807, 2.05) is 6.20 Å². The second-order valence-corrected chi connectivity index (χ2v) is 5.38. The van der Waals surface area contributed by atoms with Crippen LogP contribution in [0.3, 0.4) is 0 Å². The molecule has 1 aliphatic heterocycles. The number of benzene rings is 1. The molecule has 3 heteroatoms. The van der Waals surface area contributed by atoms with Gasteiger partial charge in [0.25, 0.3) is 0 Å². The van der Waals surface area contributed by atoms with Gasteiger partial charge in [-0.05, 0) is 31.9 Å². The zero-order valence-electron chi connectivity index (χ0n) is 11.5. The molecule has 2 aromatic rings. The van der Waals surface area contributed by atoms with Crippen molar-refractivity contribution in [2.75, 3.05) is 6.54 Å². The lowest BCUT2D eigenvalue weighted by atomic mass is 10.2. The van der Waals surface area contributed by atoms with Crippen LogP contribution in [0.5, 0.6) is 0 Å². The van der Waals surface area contributed by atoms with Gasteiger partial charge in [0.05, 0.1) is 0 Å². The number of imidazole rings is 1. The fraction of sp³-hybridized carbons (Fsp3) is 0.438. The Morgan fingerprint density at radius 1 is 1.26 bits per heavy atom. The lowest BCUT2D eigenvalue weighted by Gasteiger charge is -2.25. The van der Waals surface area contributed by atoms with Crippen LogP contribution in [-0.4, -0.2) is 27.0 Å². The molecule has 0 unspecified atom stereocenters. The van der Waals surface area contributed by atoms with Gasteiger partial charge in [0.1, 0.15) is 5.82 Å². The number of hydrogen-bond acceptors (Lipinski definition) is 2. The van der Waals surface area contributed by atoms with E-state index in [0.717, 1.165) is 18.9 Å². The summed E-state index contributed by atoms with van der Waals surface area (Å²) in [6.07, 6.45) is 6.59. The normalized spacial score (nSPS) is 19.9. The van der Waals surface area contributed by atoms with Crippen LogP contribution in [0.1, 0.15) is 24.2 Å². The van der Waals surface area contributed by atoms with E-state index in [1.54, 1.807) is 0 Å². The Morgan fingerprint density at radius 2 is 2.11 bits per heavy atom. The average Bonchev–Trinajstić information content (AvgIpc) is 3.02. The van der Waals surface area contributed by atoms with Crippen LogP contribution in [0.2, 0.25) is 0 Å². The Bertz CT molecular complexity index is 518. The molecule has 0 bridgehead atoms. The van der Waals surface area contributed by atoms with Crippen LogP contribution in [-0.2, 0) is 13.1 Å². The minimum atomic E-state index is 0.646.